The largest absolute Gasteiger partial charge is 0.454 e. The normalized spacial score (nSPS) is 12.6. The van der Waals surface area contributed by atoms with E-state index in [1.807, 2.05) is 31.2 Å². The Hall–Kier alpha value is -3.26. The van der Waals surface area contributed by atoms with Crippen molar-refractivity contribution in [3.63, 3.8) is 0 Å². The molecule has 3 rings (SSSR count). The summed E-state index contributed by atoms with van der Waals surface area (Å²) in [6.45, 7) is 2.07. The minimum absolute atomic E-state index is 0.0205. The molecule has 0 saturated heterocycles. The van der Waals surface area contributed by atoms with Crippen molar-refractivity contribution >= 4 is 17.7 Å². The van der Waals surface area contributed by atoms with E-state index in [4.69, 9.17) is 9.47 Å². The van der Waals surface area contributed by atoms with Crippen LogP contribution in [-0.2, 0) is 4.79 Å². The molecule has 2 aromatic carbocycles. The molecule has 2 aromatic rings. The summed E-state index contributed by atoms with van der Waals surface area (Å²) in [4.78, 5) is 12.3. The molecule has 1 aliphatic rings. The Morgan fingerprint density at radius 1 is 1.22 bits per heavy atom. The third-order valence-electron chi connectivity index (χ3n) is 3.47. The molecule has 1 N–H and O–H groups in total. The van der Waals surface area contributed by atoms with E-state index in [1.54, 1.807) is 24.3 Å². The molecule has 0 saturated carbocycles. The summed E-state index contributed by atoms with van der Waals surface area (Å²) in [5.41, 5.74) is 2.34. The summed E-state index contributed by atoms with van der Waals surface area (Å²) in [5, 5.41) is 12.0. The van der Waals surface area contributed by atoms with Crippen LogP contribution in [0.1, 0.15) is 11.1 Å². The molecule has 5 heteroatoms. The average molecular weight is 306 g/mol. The fourth-order valence-corrected chi connectivity index (χ4v) is 2.22. The number of benzene rings is 2. The topological polar surface area (TPSA) is 71.4 Å². The lowest BCUT2D eigenvalue weighted by molar-refractivity contribution is -0.112. The molecule has 0 unspecified atom stereocenters. The monoisotopic (exact) mass is 306 g/mol. The van der Waals surface area contributed by atoms with Gasteiger partial charge >= 0.3 is 0 Å². The van der Waals surface area contributed by atoms with Crippen molar-refractivity contribution in [1.82, 2.24) is 0 Å². The summed E-state index contributed by atoms with van der Waals surface area (Å²) in [5.74, 6) is 0.819. The first kappa shape index (κ1) is 14.7. The standard InChI is InChI=1S/C18H14N2O3/c1-12-4-2-3-5-15(12)20-18(21)14(10-19)8-13-6-7-16-17(9-13)23-11-22-16/h2-9H,11H2,1H3,(H,20,21)/b14-8-. The maximum Gasteiger partial charge on any atom is 0.266 e. The molecule has 0 fully saturated rings. The molecule has 0 aliphatic carbocycles. The zero-order chi connectivity index (χ0) is 16.2. The SMILES string of the molecule is Cc1ccccc1NC(=O)/C(C#N)=C\c1ccc2c(c1)OCO2. The Kier molecular flexibility index (Phi) is 3.98. The highest BCUT2D eigenvalue weighted by Gasteiger charge is 2.14. The van der Waals surface area contributed by atoms with Crippen LogP contribution in [0, 0.1) is 18.3 Å². The third-order valence-corrected chi connectivity index (χ3v) is 3.47. The van der Waals surface area contributed by atoms with E-state index in [-0.39, 0.29) is 12.4 Å². The van der Waals surface area contributed by atoms with Crippen molar-refractivity contribution in [2.24, 2.45) is 0 Å². The lowest BCUT2D eigenvalue weighted by Crippen LogP contribution is -2.14. The molecule has 1 heterocycles. The third kappa shape index (κ3) is 3.16. The number of nitriles is 1. The number of hydrogen-bond acceptors (Lipinski definition) is 4. The Balaban J connectivity index is 1.83. The number of nitrogens with one attached hydrogen (secondary N) is 1. The molecule has 0 radical (unpaired) electrons. The van der Waals surface area contributed by atoms with E-state index in [9.17, 15) is 10.1 Å². The van der Waals surface area contributed by atoms with Crippen LogP contribution in [0.15, 0.2) is 48.0 Å². The highest BCUT2D eigenvalue weighted by Crippen LogP contribution is 2.33. The first-order valence-electron chi connectivity index (χ1n) is 7.06. The summed E-state index contributed by atoms with van der Waals surface area (Å²) in [7, 11) is 0. The predicted molar refractivity (Wildman–Crippen MR) is 86.0 cm³/mol. The van der Waals surface area contributed by atoms with Gasteiger partial charge in [0.1, 0.15) is 11.6 Å². The van der Waals surface area contributed by atoms with E-state index in [0.717, 1.165) is 5.56 Å². The second-order valence-corrected chi connectivity index (χ2v) is 5.05. The first-order valence-corrected chi connectivity index (χ1v) is 7.06. The molecule has 1 aliphatic heterocycles. The van der Waals surface area contributed by atoms with Crippen LogP contribution < -0.4 is 14.8 Å². The fraction of sp³-hybridized carbons (Fsp3) is 0.111. The van der Waals surface area contributed by atoms with Crippen LogP contribution >= 0.6 is 0 Å². The Bertz CT molecular complexity index is 834. The number of carbonyl (C=O) groups excluding carboxylic acids is 1. The summed E-state index contributed by atoms with van der Waals surface area (Å²) < 4.78 is 10.5. The number of carbonyl (C=O) groups is 1. The van der Waals surface area contributed by atoms with Crippen LogP contribution in [0.2, 0.25) is 0 Å². The maximum absolute atomic E-state index is 12.3. The van der Waals surface area contributed by atoms with Crippen molar-refractivity contribution in [2.45, 2.75) is 6.92 Å². The number of rotatable bonds is 3. The van der Waals surface area contributed by atoms with Crippen molar-refractivity contribution in [3.8, 4) is 17.6 Å². The minimum Gasteiger partial charge on any atom is -0.454 e. The molecule has 0 aromatic heterocycles. The number of ether oxygens (including phenoxy) is 2. The van der Waals surface area contributed by atoms with Gasteiger partial charge in [-0.05, 0) is 42.3 Å². The number of aryl methyl sites for hydroxylation is 1. The van der Waals surface area contributed by atoms with Crippen LogP contribution in [0.25, 0.3) is 6.08 Å². The van der Waals surface area contributed by atoms with Gasteiger partial charge in [-0.15, -0.1) is 0 Å². The first-order chi connectivity index (χ1) is 11.2. The summed E-state index contributed by atoms with van der Waals surface area (Å²) in [6.07, 6.45) is 1.52. The van der Waals surface area contributed by atoms with Gasteiger partial charge in [-0.2, -0.15) is 5.26 Å². The molecular formula is C18H14N2O3. The van der Waals surface area contributed by atoms with Crippen molar-refractivity contribution in [3.05, 3.63) is 59.2 Å². The predicted octanol–water partition coefficient (Wildman–Crippen LogP) is 3.27. The van der Waals surface area contributed by atoms with Gasteiger partial charge < -0.3 is 14.8 Å². The highest BCUT2D eigenvalue weighted by atomic mass is 16.7. The summed E-state index contributed by atoms with van der Waals surface area (Å²) >= 11 is 0. The summed E-state index contributed by atoms with van der Waals surface area (Å²) in [6, 6.07) is 14.6. The smallest absolute Gasteiger partial charge is 0.266 e. The Morgan fingerprint density at radius 2 is 2.00 bits per heavy atom. The van der Waals surface area contributed by atoms with Crippen molar-refractivity contribution in [2.75, 3.05) is 12.1 Å². The van der Waals surface area contributed by atoms with Crippen LogP contribution in [0.3, 0.4) is 0 Å². The fourth-order valence-electron chi connectivity index (χ4n) is 2.22. The maximum atomic E-state index is 12.3. The van der Waals surface area contributed by atoms with E-state index < -0.39 is 5.91 Å². The van der Waals surface area contributed by atoms with Gasteiger partial charge in [-0.3, -0.25) is 4.79 Å². The zero-order valence-corrected chi connectivity index (χ0v) is 12.5. The van der Waals surface area contributed by atoms with E-state index in [1.165, 1.54) is 6.08 Å². The Morgan fingerprint density at radius 3 is 2.78 bits per heavy atom. The van der Waals surface area contributed by atoms with E-state index in [0.29, 0.717) is 22.7 Å². The molecule has 0 atom stereocenters. The van der Waals surface area contributed by atoms with Crippen molar-refractivity contribution < 1.29 is 14.3 Å². The van der Waals surface area contributed by atoms with E-state index >= 15 is 0 Å². The van der Waals surface area contributed by atoms with E-state index in [2.05, 4.69) is 5.32 Å². The van der Waals surface area contributed by atoms with Gasteiger partial charge in [0.15, 0.2) is 11.5 Å². The lowest BCUT2D eigenvalue weighted by Gasteiger charge is -2.07. The Labute approximate surface area is 133 Å². The second-order valence-electron chi connectivity index (χ2n) is 5.05. The van der Waals surface area contributed by atoms with Gasteiger partial charge in [0.25, 0.3) is 5.91 Å². The molecule has 0 bridgehead atoms. The number of hydrogen-bond donors (Lipinski definition) is 1. The number of nitrogens with zero attached hydrogens (tertiary/aromatic N) is 1. The molecule has 114 valence electrons. The lowest BCUT2D eigenvalue weighted by atomic mass is 10.1. The van der Waals surface area contributed by atoms with Crippen molar-refractivity contribution in [1.29, 1.82) is 5.26 Å². The highest BCUT2D eigenvalue weighted by molar-refractivity contribution is 6.10. The van der Waals surface area contributed by atoms with Crippen LogP contribution in [-0.4, -0.2) is 12.7 Å². The van der Waals surface area contributed by atoms with Gasteiger partial charge in [0.05, 0.1) is 0 Å². The molecule has 5 nitrogen and oxygen atoms in total. The molecule has 0 spiro atoms. The van der Waals surface area contributed by atoms with Crippen LogP contribution in [0.5, 0.6) is 11.5 Å². The number of amides is 1. The quantitative estimate of drug-likeness (QED) is 0.698. The van der Waals surface area contributed by atoms with Gasteiger partial charge in [0.2, 0.25) is 6.79 Å². The van der Waals surface area contributed by atoms with Gasteiger partial charge in [0, 0.05) is 5.69 Å². The second kappa shape index (κ2) is 6.24. The number of fused-ring (bicyclic) bond motifs is 1. The number of anilines is 1. The molecular weight excluding hydrogens is 292 g/mol. The minimum atomic E-state index is -0.445. The zero-order valence-electron chi connectivity index (χ0n) is 12.5. The van der Waals surface area contributed by atoms with Crippen LogP contribution in [0.4, 0.5) is 5.69 Å². The van der Waals surface area contributed by atoms with Gasteiger partial charge in [-0.1, -0.05) is 24.3 Å². The van der Waals surface area contributed by atoms with Gasteiger partial charge in [-0.25, -0.2) is 0 Å². The molecule has 1 amide bonds. The molecule has 23 heavy (non-hydrogen) atoms. The average Bonchev–Trinajstić information content (AvgIpc) is 3.02. The number of para-hydroxylation sites is 1.